The van der Waals surface area contributed by atoms with Gasteiger partial charge in [-0.2, -0.15) is 0 Å². The van der Waals surface area contributed by atoms with Gasteiger partial charge in [-0.15, -0.1) is 0 Å². The first-order chi connectivity index (χ1) is 23.2. The van der Waals surface area contributed by atoms with Crippen molar-refractivity contribution >= 4 is 11.9 Å². The maximum Gasteiger partial charge on any atom is 0.303 e. The number of hydrogen-bond acceptors (Lipinski definition) is 7. The molecule has 5 unspecified atom stereocenters. The molecule has 48 heavy (non-hydrogen) atoms. The summed E-state index contributed by atoms with van der Waals surface area (Å²) in [5, 5.41) is 32.2. The number of amides is 1. The summed E-state index contributed by atoms with van der Waals surface area (Å²) in [5.41, 5.74) is 6.48. The zero-order valence-corrected chi connectivity index (χ0v) is 27.4. The highest BCUT2D eigenvalue weighted by Crippen LogP contribution is 2.39. The van der Waals surface area contributed by atoms with Crippen molar-refractivity contribution in [2.45, 2.75) is 70.0 Å². The second-order valence-electron chi connectivity index (χ2n) is 12.4. The van der Waals surface area contributed by atoms with Gasteiger partial charge in [0, 0.05) is 37.5 Å². The van der Waals surface area contributed by atoms with Gasteiger partial charge < -0.3 is 30.1 Å². The molecule has 9 nitrogen and oxygen atoms in total. The zero-order chi connectivity index (χ0) is 34.0. The molecule has 0 aromatic heterocycles. The van der Waals surface area contributed by atoms with Crippen LogP contribution in [0.1, 0.15) is 72.5 Å². The SMILES string of the molecule is CC(C(O)c1ccccc1)N(C)CC1CC(c2ccc(CO)cc2)OC(c2ccc(-c3cccc(CNC(=O)CCC(=O)O)c3)cc2)O1. The molecular formula is C39H44N2O7. The van der Waals surface area contributed by atoms with Crippen LogP contribution in [-0.4, -0.2) is 57.8 Å². The Bertz CT molecular complexity index is 1630. The highest BCUT2D eigenvalue weighted by atomic mass is 16.7. The summed E-state index contributed by atoms with van der Waals surface area (Å²) < 4.78 is 13.1. The van der Waals surface area contributed by atoms with Gasteiger partial charge in [0.1, 0.15) is 0 Å². The standard InChI is InChI=1S/C39H44N2O7/c1-26(38(46)31-8-4-3-5-9-31)41(2)24-34-22-35(30-13-11-27(25-42)12-14-30)48-39(47-34)32-17-15-29(16-18-32)33-10-6-7-28(21-33)23-40-36(43)19-20-37(44)45/h3-18,21,26,34-35,38-39,42,46H,19-20,22-25H2,1-2H3,(H,40,43)(H,44,45). The van der Waals surface area contributed by atoms with E-state index >= 15 is 0 Å². The van der Waals surface area contributed by atoms with Gasteiger partial charge >= 0.3 is 5.97 Å². The predicted molar refractivity (Wildman–Crippen MR) is 183 cm³/mol. The number of carboxylic acid groups (broad SMARTS) is 1. The number of nitrogens with zero attached hydrogens (tertiary/aromatic N) is 1. The van der Waals surface area contributed by atoms with Gasteiger partial charge in [0.15, 0.2) is 6.29 Å². The van der Waals surface area contributed by atoms with E-state index in [1.807, 2.05) is 117 Å². The number of hydrogen-bond donors (Lipinski definition) is 4. The van der Waals surface area contributed by atoms with Crippen LogP contribution in [0.5, 0.6) is 0 Å². The van der Waals surface area contributed by atoms with Gasteiger partial charge in [-0.3, -0.25) is 14.5 Å². The van der Waals surface area contributed by atoms with E-state index in [0.717, 1.165) is 38.9 Å². The number of nitrogens with one attached hydrogen (secondary N) is 1. The molecule has 0 radical (unpaired) electrons. The van der Waals surface area contributed by atoms with E-state index in [-0.39, 0.29) is 43.6 Å². The van der Waals surface area contributed by atoms with E-state index in [9.17, 15) is 19.8 Å². The number of likely N-dealkylation sites (N-methyl/N-ethyl adjacent to an activating group) is 1. The maximum absolute atomic E-state index is 12.0. The largest absolute Gasteiger partial charge is 0.481 e. The third kappa shape index (κ3) is 9.37. The van der Waals surface area contributed by atoms with E-state index in [1.54, 1.807) is 0 Å². The van der Waals surface area contributed by atoms with Crippen molar-refractivity contribution in [2.24, 2.45) is 0 Å². The van der Waals surface area contributed by atoms with Crippen molar-refractivity contribution < 1.29 is 34.4 Å². The Morgan fingerprint density at radius 1 is 0.854 bits per heavy atom. The number of ether oxygens (including phenoxy) is 2. The van der Waals surface area contributed by atoms with E-state index in [4.69, 9.17) is 14.6 Å². The highest BCUT2D eigenvalue weighted by Gasteiger charge is 2.34. The number of aliphatic hydroxyl groups excluding tert-OH is 2. The minimum Gasteiger partial charge on any atom is -0.481 e. The fourth-order valence-corrected chi connectivity index (χ4v) is 5.89. The lowest BCUT2D eigenvalue weighted by Gasteiger charge is -2.39. The molecule has 1 saturated heterocycles. The lowest BCUT2D eigenvalue weighted by atomic mass is 9.98. The molecule has 1 heterocycles. The Hall–Kier alpha value is -4.38. The number of carbonyl (C=O) groups is 2. The molecule has 0 saturated carbocycles. The fourth-order valence-electron chi connectivity index (χ4n) is 5.89. The Balaban J connectivity index is 1.29. The molecule has 4 aromatic rings. The smallest absolute Gasteiger partial charge is 0.303 e. The van der Waals surface area contributed by atoms with Crippen LogP contribution in [0.2, 0.25) is 0 Å². The Morgan fingerprint density at radius 2 is 1.56 bits per heavy atom. The predicted octanol–water partition coefficient (Wildman–Crippen LogP) is 5.93. The first-order valence-corrected chi connectivity index (χ1v) is 16.3. The first kappa shape index (κ1) is 34.9. The Kier molecular flexibility index (Phi) is 12.1. The average molecular weight is 653 g/mol. The monoisotopic (exact) mass is 652 g/mol. The van der Waals surface area contributed by atoms with Gasteiger partial charge in [-0.05, 0) is 53.4 Å². The summed E-state index contributed by atoms with van der Waals surface area (Å²) in [6, 6.07) is 33.2. The van der Waals surface area contributed by atoms with Crippen LogP contribution in [-0.2, 0) is 32.2 Å². The van der Waals surface area contributed by atoms with Gasteiger partial charge in [0.25, 0.3) is 0 Å². The van der Waals surface area contributed by atoms with Crippen molar-refractivity contribution in [3.63, 3.8) is 0 Å². The minimum absolute atomic E-state index is 0.0245. The van der Waals surface area contributed by atoms with Crippen molar-refractivity contribution in [2.75, 3.05) is 13.6 Å². The molecule has 0 aliphatic carbocycles. The minimum atomic E-state index is -0.997. The molecule has 5 rings (SSSR count). The summed E-state index contributed by atoms with van der Waals surface area (Å²) in [6.07, 6.45) is -1.29. The number of benzene rings is 4. The van der Waals surface area contributed by atoms with Crippen LogP contribution < -0.4 is 5.32 Å². The number of carboxylic acids is 1. The van der Waals surface area contributed by atoms with Gasteiger partial charge in [-0.25, -0.2) is 0 Å². The third-order valence-corrected chi connectivity index (χ3v) is 8.90. The maximum atomic E-state index is 12.0. The fraction of sp³-hybridized carbons (Fsp3) is 0.333. The summed E-state index contributed by atoms with van der Waals surface area (Å²) in [6.45, 7) is 2.89. The van der Waals surface area contributed by atoms with E-state index in [0.29, 0.717) is 19.5 Å². The third-order valence-electron chi connectivity index (χ3n) is 8.90. The first-order valence-electron chi connectivity index (χ1n) is 16.3. The average Bonchev–Trinajstić information content (AvgIpc) is 3.13. The summed E-state index contributed by atoms with van der Waals surface area (Å²) >= 11 is 0. The molecule has 1 amide bonds. The van der Waals surface area contributed by atoms with Gasteiger partial charge in [0.2, 0.25) is 5.91 Å². The molecule has 5 atom stereocenters. The van der Waals surface area contributed by atoms with Gasteiger partial charge in [0.05, 0.1) is 31.3 Å². The van der Waals surface area contributed by atoms with E-state index < -0.39 is 18.4 Å². The number of rotatable bonds is 14. The molecule has 9 heteroatoms. The van der Waals surface area contributed by atoms with Crippen molar-refractivity contribution in [3.05, 3.63) is 131 Å². The normalized spacial score (nSPS) is 19.1. The molecule has 0 bridgehead atoms. The molecular weight excluding hydrogens is 608 g/mol. The van der Waals surface area contributed by atoms with Crippen LogP contribution in [0.15, 0.2) is 103 Å². The zero-order valence-electron chi connectivity index (χ0n) is 27.4. The number of aliphatic carboxylic acids is 1. The Morgan fingerprint density at radius 3 is 2.25 bits per heavy atom. The molecule has 1 aliphatic rings. The van der Waals surface area contributed by atoms with Crippen LogP contribution >= 0.6 is 0 Å². The van der Waals surface area contributed by atoms with Crippen molar-refractivity contribution in [3.8, 4) is 11.1 Å². The number of aliphatic hydroxyl groups is 2. The topological polar surface area (TPSA) is 129 Å². The van der Waals surface area contributed by atoms with Crippen molar-refractivity contribution in [1.82, 2.24) is 10.2 Å². The van der Waals surface area contributed by atoms with Gasteiger partial charge in [-0.1, -0.05) is 97.1 Å². The van der Waals surface area contributed by atoms with Crippen molar-refractivity contribution in [1.29, 1.82) is 0 Å². The summed E-state index contributed by atoms with van der Waals surface area (Å²) in [4.78, 5) is 24.9. The molecule has 1 aliphatic heterocycles. The van der Waals surface area contributed by atoms with Crippen LogP contribution in [0.25, 0.3) is 11.1 Å². The van der Waals surface area contributed by atoms with E-state index in [2.05, 4.69) is 10.2 Å². The molecule has 0 spiro atoms. The van der Waals surface area contributed by atoms with Crippen LogP contribution in [0.4, 0.5) is 0 Å². The lowest BCUT2D eigenvalue weighted by molar-refractivity contribution is -0.253. The van der Waals surface area contributed by atoms with E-state index in [1.165, 1.54) is 0 Å². The quantitative estimate of drug-likeness (QED) is 0.132. The number of carbonyl (C=O) groups excluding carboxylic acids is 1. The molecule has 4 N–H and O–H groups in total. The highest BCUT2D eigenvalue weighted by molar-refractivity contribution is 5.80. The molecule has 252 valence electrons. The Labute approximate surface area is 281 Å². The summed E-state index contributed by atoms with van der Waals surface area (Å²) in [5.74, 6) is -1.29. The van der Waals surface area contributed by atoms with Crippen LogP contribution in [0, 0.1) is 0 Å². The molecule has 1 fully saturated rings. The lowest BCUT2D eigenvalue weighted by Crippen LogP contribution is -2.43. The second kappa shape index (κ2) is 16.6. The molecule has 4 aromatic carbocycles. The van der Waals surface area contributed by atoms with Crippen LogP contribution in [0.3, 0.4) is 0 Å². The summed E-state index contributed by atoms with van der Waals surface area (Å²) in [7, 11) is 2.00. The second-order valence-corrected chi connectivity index (χ2v) is 12.4.